The molecule has 0 radical (unpaired) electrons. The summed E-state index contributed by atoms with van der Waals surface area (Å²) < 4.78 is 43.5. The van der Waals surface area contributed by atoms with Crippen molar-refractivity contribution in [1.29, 1.82) is 0 Å². The predicted molar refractivity (Wildman–Crippen MR) is 71.3 cm³/mol. The summed E-state index contributed by atoms with van der Waals surface area (Å²) in [5.41, 5.74) is -0.653. The highest BCUT2D eigenvalue weighted by atomic mass is 79.9. The van der Waals surface area contributed by atoms with Crippen LogP contribution in [0, 0.1) is 5.92 Å². The van der Waals surface area contributed by atoms with Crippen molar-refractivity contribution in [2.24, 2.45) is 5.92 Å². The predicted octanol–water partition coefficient (Wildman–Crippen LogP) is 3.83. The van der Waals surface area contributed by atoms with E-state index in [1.54, 1.807) is 0 Å². The van der Waals surface area contributed by atoms with Crippen molar-refractivity contribution < 1.29 is 22.7 Å². The van der Waals surface area contributed by atoms with E-state index in [1.165, 1.54) is 6.07 Å². The lowest BCUT2D eigenvalue weighted by Gasteiger charge is -2.21. The number of anilines is 1. The molecule has 1 heterocycles. The van der Waals surface area contributed by atoms with Gasteiger partial charge in [-0.1, -0.05) is 0 Å². The standard InChI is InChI=1S/C13H13BrF3NO2/c14-10-2-1-9(13(15,16)17)7-11(10)18-12(19)8-3-5-20-6-4-8/h1-2,7-8H,3-6H2,(H,18,19). The molecule has 0 atom stereocenters. The van der Waals surface area contributed by atoms with Crippen LogP contribution in [0.15, 0.2) is 22.7 Å². The molecule has 110 valence electrons. The van der Waals surface area contributed by atoms with Crippen LogP contribution in [0.2, 0.25) is 0 Å². The number of ether oxygens (including phenoxy) is 1. The highest BCUT2D eigenvalue weighted by Crippen LogP contribution is 2.34. The molecule has 0 spiro atoms. The number of alkyl halides is 3. The first-order valence-corrected chi connectivity index (χ1v) is 6.92. The molecule has 1 saturated heterocycles. The smallest absolute Gasteiger partial charge is 0.381 e. The van der Waals surface area contributed by atoms with Gasteiger partial charge < -0.3 is 10.1 Å². The zero-order chi connectivity index (χ0) is 14.8. The summed E-state index contributed by atoms with van der Waals surface area (Å²) in [7, 11) is 0. The maximum atomic E-state index is 12.6. The van der Waals surface area contributed by atoms with Gasteiger partial charge in [-0.25, -0.2) is 0 Å². The Morgan fingerprint density at radius 2 is 1.95 bits per heavy atom. The Balaban J connectivity index is 2.13. The molecule has 1 amide bonds. The summed E-state index contributed by atoms with van der Waals surface area (Å²) in [5, 5.41) is 2.55. The third-order valence-corrected chi connectivity index (χ3v) is 3.84. The molecule has 0 aliphatic carbocycles. The number of halogens is 4. The number of carbonyl (C=O) groups is 1. The van der Waals surface area contributed by atoms with E-state index in [9.17, 15) is 18.0 Å². The molecule has 0 aromatic heterocycles. The van der Waals surface area contributed by atoms with Crippen LogP contribution in [0.25, 0.3) is 0 Å². The van der Waals surface area contributed by atoms with Crippen LogP contribution in [0.1, 0.15) is 18.4 Å². The third kappa shape index (κ3) is 3.73. The first kappa shape index (κ1) is 15.3. The Morgan fingerprint density at radius 3 is 2.55 bits per heavy atom. The van der Waals surface area contributed by atoms with E-state index in [4.69, 9.17) is 4.74 Å². The summed E-state index contributed by atoms with van der Waals surface area (Å²) in [6, 6.07) is 3.18. The molecule has 7 heteroatoms. The molecule has 0 saturated carbocycles. The lowest BCUT2D eigenvalue weighted by atomic mass is 9.99. The lowest BCUT2D eigenvalue weighted by molar-refractivity contribution is -0.137. The van der Waals surface area contributed by atoms with E-state index in [2.05, 4.69) is 21.2 Å². The van der Waals surface area contributed by atoms with Crippen molar-refractivity contribution in [3.8, 4) is 0 Å². The van der Waals surface area contributed by atoms with Crippen molar-refractivity contribution in [1.82, 2.24) is 0 Å². The van der Waals surface area contributed by atoms with Crippen molar-refractivity contribution in [3.05, 3.63) is 28.2 Å². The average molecular weight is 352 g/mol. The number of hydrogen-bond acceptors (Lipinski definition) is 2. The van der Waals surface area contributed by atoms with E-state index < -0.39 is 11.7 Å². The average Bonchev–Trinajstić information content (AvgIpc) is 2.41. The van der Waals surface area contributed by atoms with Crippen LogP contribution in [0.5, 0.6) is 0 Å². The van der Waals surface area contributed by atoms with Crippen molar-refractivity contribution in [3.63, 3.8) is 0 Å². The fourth-order valence-electron chi connectivity index (χ4n) is 1.99. The largest absolute Gasteiger partial charge is 0.416 e. The van der Waals surface area contributed by atoms with Gasteiger partial charge in [-0.05, 0) is 47.0 Å². The fraction of sp³-hybridized carbons (Fsp3) is 0.462. The summed E-state index contributed by atoms with van der Waals surface area (Å²) in [6.45, 7) is 1.00. The van der Waals surface area contributed by atoms with Gasteiger partial charge in [0.25, 0.3) is 0 Å². The maximum Gasteiger partial charge on any atom is 0.416 e. The van der Waals surface area contributed by atoms with Gasteiger partial charge in [0.15, 0.2) is 0 Å². The van der Waals surface area contributed by atoms with Gasteiger partial charge in [-0.3, -0.25) is 4.79 Å². The van der Waals surface area contributed by atoms with E-state index in [1.807, 2.05) is 0 Å². The van der Waals surface area contributed by atoms with E-state index in [-0.39, 0.29) is 17.5 Å². The molecule has 20 heavy (non-hydrogen) atoms. The van der Waals surface area contributed by atoms with Gasteiger partial charge >= 0.3 is 6.18 Å². The fourth-order valence-corrected chi connectivity index (χ4v) is 2.34. The van der Waals surface area contributed by atoms with Crippen molar-refractivity contribution >= 4 is 27.5 Å². The van der Waals surface area contributed by atoms with Gasteiger partial charge in [-0.2, -0.15) is 13.2 Å². The zero-order valence-corrected chi connectivity index (χ0v) is 12.1. The van der Waals surface area contributed by atoms with Crippen LogP contribution in [0.3, 0.4) is 0 Å². The van der Waals surface area contributed by atoms with E-state index in [0.29, 0.717) is 30.5 Å². The molecule has 1 aromatic carbocycles. The monoisotopic (exact) mass is 351 g/mol. The molecule has 1 fully saturated rings. The summed E-state index contributed by atoms with van der Waals surface area (Å²) in [5.74, 6) is -0.487. The highest BCUT2D eigenvalue weighted by molar-refractivity contribution is 9.10. The highest BCUT2D eigenvalue weighted by Gasteiger charge is 2.31. The number of amides is 1. The van der Waals surface area contributed by atoms with Crippen LogP contribution < -0.4 is 5.32 Å². The second kappa shape index (κ2) is 6.13. The Morgan fingerprint density at radius 1 is 1.30 bits per heavy atom. The molecule has 2 rings (SSSR count). The molecular formula is C13H13BrF3NO2. The molecule has 1 aliphatic rings. The summed E-state index contributed by atoms with van der Waals surface area (Å²) >= 11 is 3.14. The second-order valence-corrected chi connectivity index (χ2v) is 5.42. The van der Waals surface area contributed by atoms with Gasteiger partial charge in [0.1, 0.15) is 0 Å². The topological polar surface area (TPSA) is 38.3 Å². The number of rotatable bonds is 2. The number of nitrogens with one attached hydrogen (secondary N) is 1. The first-order chi connectivity index (χ1) is 9.38. The maximum absolute atomic E-state index is 12.6. The molecule has 0 unspecified atom stereocenters. The van der Waals surface area contributed by atoms with E-state index >= 15 is 0 Å². The molecule has 1 N–H and O–H groups in total. The van der Waals surface area contributed by atoms with Gasteiger partial charge in [0.2, 0.25) is 5.91 Å². The SMILES string of the molecule is O=C(Nc1cc(C(F)(F)F)ccc1Br)C1CCOCC1. The summed E-state index contributed by atoms with van der Waals surface area (Å²) in [4.78, 5) is 12.0. The van der Waals surface area contributed by atoms with Gasteiger partial charge in [0.05, 0.1) is 11.3 Å². The molecular weight excluding hydrogens is 339 g/mol. The zero-order valence-electron chi connectivity index (χ0n) is 10.5. The minimum atomic E-state index is -4.43. The normalized spacial score (nSPS) is 17.0. The van der Waals surface area contributed by atoms with E-state index in [0.717, 1.165) is 12.1 Å². The number of carbonyl (C=O) groups excluding carboxylic acids is 1. The lowest BCUT2D eigenvalue weighted by Crippen LogP contribution is -2.28. The van der Waals surface area contributed by atoms with Crippen LogP contribution in [-0.4, -0.2) is 19.1 Å². The van der Waals surface area contributed by atoms with Crippen LogP contribution in [0.4, 0.5) is 18.9 Å². The number of hydrogen-bond donors (Lipinski definition) is 1. The number of benzene rings is 1. The van der Waals surface area contributed by atoms with Crippen molar-refractivity contribution in [2.45, 2.75) is 19.0 Å². The van der Waals surface area contributed by atoms with Crippen LogP contribution in [-0.2, 0) is 15.7 Å². The minimum absolute atomic E-state index is 0.135. The molecule has 3 nitrogen and oxygen atoms in total. The third-order valence-electron chi connectivity index (χ3n) is 3.14. The van der Waals surface area contributed by atoms with Gasteiger partial charge in [-0.15, -0.1) is 0 Å². The minimum Gasteiger partial charge on any atom is -0.381 e. The Kier molecular flexibility index (Phi) is 4.70. The Bertz CT molecular complexity index is 499. The Labute approximate surface area is 122 Å². The molecule has 1 aromatic rings. The first-order valence-electron chi connectivity index (χ1n) is 6.13. The quantitative estimate of drug-likeness (QED) is 0.879. The molecule has 0 bridgehead atoms. The Hall–Kier alpha value is -1.08. The summed E-state index contributed by atoms with van der Waals surface area (Å²) in [6.07, 6.45) is -3.26. The molecule has 1 aliphatic heterocycles. The second-order valence-electron chi connectivity index (χ2n) is 4.57. The van der Waals surface area contributed by atoms with Crippen molar-refractivity contribution in [2.75, 3.05) is 18.5 Å². The van der Waals surface area contributed by atoms with Crippen LogP contribution >= 0.6 is 15.9 Å². The van der Waals surface area contributed by atoms with Gasteiger partial charge in [0, 0.05) is 23.6 Å².